The molecule has 2 saturated carbocycles. The van der Waals surface area contributed by atoms with E-state index in [1.165, 1.54) is 19.9 Å². The van der Waals surface area contributed by atoms with Gasteiger partial charge in [0, 0.05) is 42.4 Å². The summed E-state index contributed by atoms with van der Waals surface area (Å²) in [6.07, 6.45) is -1.91. The monoisotopic (exact) mass is 730 g/mol. The largest absolute Gasteiger partial charge is 0.457 e. The van der Waals surface area contributed by atoms with E-state index >= 15 is 8.78 Å². The summed E-state index contributed by atoms with van der Waals surface area (Å²) in [5.41, 5.74) is -8.49. The zero-order valence-corrected chi connectivity index (χ0v) is 28.5. The minimum absolute atomic E-state index is 0.0791. The maximum Gasteiger partial charge on any atom is 0.306 e. The van der Waals surface area contributed by atoms with Gasteiger partial charge in [0.1, 0.15) is 11.9 Å². The van der Waals surface area contributed by atoms with Gasteiger partial charge in [0.2, 0.25) is 11.4 Å². The second-order valence-corrected chi connectivity index (χ2v) is 14.2. The Morgan fingerprint density at radius 1 is 0.922 bits per heavy atom. The molecule has 8 atom stereocenters. The Morgan fingerprint density at radius 3 is 2.10 bits per heavy atom. The summed E-state index contributed by atoms with van der Waals surface area (Å²) >= 11 is 0. The summed E-state index contributed by atoms with van der Waals surface area (Å²) in [6.45, 7) is 1.51. The molecule has 0 amide bonds. The minimum Gasteiger partial charge on any atom is -0.457 e. The molecule has 0 aromatic carbocycles. The predicted molar refractivity (Wildman–Crippen MR) is 167 cm³/mol. The fourth-order valence-electron chi connectivity index (χ4n) is 8.85. The molecule has 18 heteroatoms. The van der Waals surface area contributed by atoms with Crippen LogP contribution in [0.2, 0.25) is 0 Å². The normalized spacial score (nSPS) is 33.8. The zero-order valence-electron chi connectivity index (χ0n) is 28.5. The highest BCUT2D eigenvalue weighted by atomic mass is 19.1. The van der Waals surface area contributed by atoms with E-state index in [1.807, 2.05) is 0 Å². The van der Waals surface area contributed by atoms with E-state index in [-0.39, 0.29) is 70.2 Å². The Morgan fingerprint density at radius 2 is 1.51 bits per heavy atom. The van der Waals surface area contributed by atoms with Crippen LogP contribution in [0, 0.1) is 42.9 Å². The van der Waals surface area contributed by atoms with Crippen LogP contribution in [0.3, 0.4) is 0 Å². The molecule has 0 aromatic rings. The van der Waals surface area contributed by atoms with Crippen molar-refractivity contribution < 1.29 is 67.5 Å². The summed E-state index contributed by atoms with van der Waals surface area (Å²) in [5, 5.41) is 42.1. The topological polar surface area (TPSA) is 232 Å². The van der Waals surface area contributed by atoms with Gasteiger partial charge in [-0.15, -0.1) is 20.2 Å². The van der Waals surface area contributed by atoms with Crippen LogP contribution >= 0.6 is 0 Å². The number of carbonyl (C=O) groups is 4. The highest BCUT2D eigenvalue weighted by Crippen LogP contribution is 2.70. The molecule has 4 aliphatic carbocycles. The standard InChI is InChI=1S/C33H44F2N2O14/c1-30-12-11-20(38)15-23(30)24(34)16-22-21-17-25(39)33(31(21,2)18-26(40)32(22,30)35,51-29(43)10-6-4-8-14-50-37(46)47)27(41)19-48-28(42)9-5-3-7-13-49-36(44)45/h11-12,21-22,25-26,39-40H,3-10,13-19H2,1-2H3/t21?,22?,25-,26+,30+,31+,32+,33+/m1/s1. The Bertz CT molecular complexity index is 1470. The molecule has 4 aliphatic rings. The molecule has 0 heterocycles. The molecule has 0 spiro atoms. The second kappa shape index (κ2) is 15.7. The van der Waals surface area contributed by atoms with Crippen LogP contribution in [-0.2, 0) is 38.3 Å². The number of rotatable bonds is 18. The maximum absolute atomic E-state index is 17.6. The first kappa shape index (κ1) is 39.7. The number of hydrogen-bond donors (Lipinski definition) is 2. The van der Waals surface area contributed by atoms with Crippen LogP contribution in [0.25, 0.3) is 0 Å². The van der Waals surface area contributed by atoms with Gasteiger partial charge in [-0.1, -0.05) is 25.8 Å². The number of aliphatic hydroxyl groups excluding tert-OH is 2. The minimum atomic E-state index is -2.54. The number of allylic oxidation sites excluding steroid dienone is 4. The average Bonchev–Trinajstić information content (AvgIpc) is 3.27. The third-order valence-corrected chi connectivity index (χ3v) is 11.3. The number of aliphatic hydroxyl groups is 2. The zero-order chi connectivity index (χ0) is 37.8. The van der Waals surface area contributed by atoms with Gasteiger partial charge < -0.3 is 29.4 Å². The first-order valence-electron chi connectivity index (χ1n) is 17.0. The molecule has 0 bridgehead atoms. The first-order valence-corrected chi connectivity index (χ1v) is 17.0. The Kier molecular flexibility index (Phi) is 12.2. The van der Waals surface area contributed by atoms with Gasteiger partial charge in [0.25, 0.3) is 10.2 Å². The number of ether oxygens (including phenoxy) is 2. The summed E-state index contributed by atoms with van der Waals surface area (Å²) in [7, 11) is 0. The number of unbranched alkanes of at least 4 members (excludes halogenated alkanes) is 4. The number of carbonyl (C=O) groups excluding carboxylic acids is 4. The molecule has 51 heavy (non-hydrogen) atoms. The number of hydrogen-bond acceptors (Lipinski definition) is 14. The molecule has 284 valence electrons. The molecule has 0 saturated heterocycles. The van der Waals surface area contributed by atoms with Crippen molar-refractivity contribution in [1.29, 1.82) is 0 Å². The van der Waals surface area contributed by atoms with Gasteiger partial charge in [-0.3, -0.25) is 19.2 Å². The van der Waals surface area contributed by atoms with Crippen molar-refractivity contribution in [2.24, 2.45) is 22.7 Å². The highest BCUT2D eigenvalue weighted by Gasteiger charge is 2.78. The van der Waals surface area contributed by atoms with Gasteiger partial charge in [-0.2, -0.15) is 0 Å². The number of halogens is 2. The molecule has 16 nitrogen and oxygen atoms in total. The van der Waals surface area contributed by atoms with E-state index in [1.54, 1.807) is 0 Å². The lowest BCUT2D eigenvalue weighted by molar-refractivity contribution is -0.757. The van der Waals surface area contributed by atoms with E-state index in [9.17, 15) is 49.6 Å². The van der Waals surface area contributed by atoms with Gasteiger partial charge in [-0.05, 0) is 63.0 Å². The van der Waals surface area contributed by atoms with Crippen molar-refractivity contribution in [3.8, 4) is 0 Å². The molecule has 2 fully saturated rings. The highest BCUT2D eigenvalue weighted by molar-refractivity contribution is 5.95. The molecule has 4 rings (SSSR count). The van der Waals surface area contributed by atoms with Gasteiger partial charge in [0.05, 0.1) is 19.3 Å². The Labute approximate surface area is 291 Å². The number of esters is 2. The van der Waals surface area contributed by atoms with Gasteiger partial charge in [0.15, 0.2) is 18.1 Å². The van der Waals surface area contributed by atoms with E-state index in [2.05, 4.69) is 9.68 Å². The third-order valence-electron chi connectivity index (χ3n) is 11.3. The van der Waals surface area contributed by atoms with Crippen molar-refractivity contribution in [2.75, 3.05) is 19.8 Å². The van der Waals surface area contributed by atoms with Crippen LogP contribution in [0.5, 0.6) is 0 Å². The third kappa shape index (κ3) is 7.47. The smallest absolute Gasteiger partial charge is 0.306 e. The van der Waals surface area contributed by atoms with E-state index < -0.39 is 105 Å². The van der Waals surface area contributed by atoms with Gasteiger partial charge in [-0.25, -0.2) is 8.78 Å². The summed E-state index contributed by atoms with van der Waals surface area (Å²) in [5.74, 6) is -6.33. The lowest BCUT2D eigenvalue weighted by Crippen LogP contribution is -2.70. The summed E-state index contributed by atoms with van der Waals surface area (Å²) in [4.78, 5) is 81.4. The van der Waals surface area contributed by atoms with Crippen molar-refractivity contribution in [3.63, 3.8) is 0 Å². The fourth-order valence-corrected chi connectivity index (χ4v) is 8.85. The van der Waals surface area contributed by atoms with Crippen LogP contribution < -0.4 is 0 Å². The SMILES string of the molecule is C[C@]12C=CC(=O)CC1=C(F)CC1C3C[C@@H](O)[C@](OC(=O)CCCCCO[N+](=O)[O-])(C(=O)COC(=O)CCCCCO[N+](=O)[O-])[C@@]3(C)C[C@H](O)[C@@]12F. The number of Topliss-reactive ketones (excluding diaryl/α,β-unsaturated/α-hetero) is 1. The predicted octanol–water partition coefficient (Wildman–Crippen LogP) is 3.56. The van der Waals surface area contributed by atoms with Crippen LogP contribution in [0.15, 0.2) is 23.6 Å². The number of nitrogens with zero attached hydrogens (tertiary/aromatic N) is 2. The lowest BCUT2D eigenvalue weighted by atomic mass is 9.45. The Hall–Kier alpha value is -4.06. The van der Waals surface area contributed by atoms with Crippen LogP contribution in [-0.4, -0.2) is 87.2 Å². The molecule has 2 unspecified atom stereocenters. The lowest BCUT2D eigenvalue weighted by Gasteiger charge is -2.62. The Balaban J connectivity index is 1.58. The van der Waals surface area contributed by atoms with Crippen LogP contribution in [0.1, 0.15) is 90.9 Å². The average molecular weight is 731 g/mol. The van der Waals surface area contributed by atoms with Crippen molar-refractivity contribution in [2.45, 2.75) is 114 Å². The molecule has 0 radical (unpaired) electrons. The maximum atomic E-state index is 17.6. The van der Waals surface area contributed by atoms with Crippen LogP contribution in [0.4, 0.5) is 8.78 Å². The second-order valence-electron chi connectivity index (χ2n) is 14.2. The number of alkyl halides is 1. The van der Waals surface area contributed by atoms with Crippen molar-refractivity contribution in [3.05, 3.63) is 43.8 Å². The number of ketones is 2. The summed E-state index contributed by atoms with van der Waals surface area (Å²) in [6, 6.07) is 0. The molecular formula is C33H44F2N2O14. The van der Waals surface area contributed by atoms with Gasteiger partial charge >= 0.3 is 11.9 Å². The molecule has 0 aliphatic heterocycles. The van der Waals surface area contributed by atoms with Crippen molar-refractivity contribution in [1.82, 2.24) is 0 Å². The quantitative estimate of drug-likeness (QED) is 0.0889. The first-order chi connectivity index (χ1) is 23.9. The van der Waals surface area contributed by atoms with Crippen molar-refractivity contribution >= 4 is 23.5 Å². The molecule has 2 N–H and O–H groups in total. The molecule has 0 aromatic heterocycles. The number of fused-ring (bicyclic) bond motifs is 5. The van der Waals surface area contributed by atoms with E-state index in [4.69, 9.17) is 9.47 Å². The van der Waals surface area contributed by atoms with E-state index in [0.717, 1.165) is 6.08 Å². The van der Waals surface area contributed by atoms with E-state index in [0.29, 0.717) is 12.8 Å². The fraction of sp³-hybridized carbons (Fsp3) is 0.758. The summed E-state index contributed by atoms with van der Waals surface area (Å²) < 4.78 is 44.5. The molecular weight excluding hydrogens is 686 g/mol.